The Morgan fingerprint density at radius 2 is 1.81 bits per heavy atom. The van der Waals surface area contributed by atoms with Crippen LogP contribution < -0.4 is 14.8 Å². The minimum absolute atomic E-state index is 0.575. The molecule has 3 rings (SSSR count). The molecule has 0 aliphatic carbocycles. The number of ether oxygens (including phenoxy) is 2. The van der Waals surface area contributed by atoms with E-state index in [2.05, 4.69) is 36.8 Å². The van der Waals surface area contributed by atoms with E-state index in [0.717, 1.165) is 23.7 Å². The predicted molar refractivity (Wildman–Crippen MR) is 84.0 cm³/mol. The molecule has 0 amide bonds. The van der Waals surface area contributed by atoms with Crippen molar-refractivity contribution in [2.45, 2.75) is 40.0 Å². The molecule has 21 heavy (non-hydrogen) atoms. The van der Waals surface area contributed by atoms with Gasteiger partial charge in [-0.15, -0.1) is 0 Å². The fourth-order valence-electron chi connectivity index (χ4n) is 2.64. The van der Waals surface area contributed by atoms with Crippen molar-refractivity contribution in [1.82, 2.24) is 4.57 Å². The molecule has 0 radical (unpaired) electrons. The smallest absolute Gasteiger partial charge is 0.246 e. The number of nitrogens with one attached hydrogen (secondary N) is 1. The number of hydrogen-bond acceptors (Lipinski definition) is 3. The Labute approximate surface area is 125 Å². The molecule has 1 aromatic carbocycles. The Hall–Kier alpha value is -2.10. The Morgan fingerprint density at radius 3 is 2.48 bits per heavy atom. The Morgan fingerprint density at radius 1 is 1.10 bits per heavy atom. The van der Waals surface area contributed by atoms with Gasteiger partial charge in [0.25, 0.3) is 0 Å². The van der Waals surface area contributed by atoms with Crippen LogP contribution in [0.4, 0.5) is 5.69 Å². The molecule has 4 nitrogen and oxygen atoms in total. The van der Waals surface area contributed by atoms with E-state index >= 15 is 0 Å². The van der Waals surface area contributed by atoms with Gasteiger partial charge in [-0.3, -0.25) is 0 Å². The molecule has 2 heterocycles. The maximum atomic E-state index is 5.77. The lowest BCUT2D eigenvalue weighted by atomic mass is 10.2. The third-order valence-electron chi connectivity index (χ3n) is 4.02. The van der Waals surface area contributed by atoms with Crippen molar-refractivity contribution in [3.63, 3.8) is 0 Å². The molecule has 0 spiro atoms. The van der Waals surface area contributed by atoms with Crippen LogP contribution in [0.1, 0.15) is 30.8 Å². The van der Waals surface area contributed by atoms with Crippen LogP contribution in [-0.2, 0) is 13.6 Å². The monoisotopic (exact) mass is 286 g/mol. The average molecular weight is 286 g/mol. The molecule has 112 valence electrons. The van der Waals surface area contributed by atoms with E-state index in [4.69, 9.17) is 9.47 Å². The topological polar surface area (TPSA) is 35.4 Å². The number of anilines is 1. The zero-order chi connectivity index (χ0) is 15.2. The third-order valence-corrected chi connectivity index (χ3v) is 4.02. The molecule has 0 bridgehead atoms. The predicted octanol–water partition coefficient (Wildman–Crippen LogP) is 3.76. The highest BCUT2D eigenvalue weighted by Gasteiger charge is 2.31. The van der Waals surface area contributed by atoms with Crippen LogP contribution in [0, 0.1) is 13.8 Å². The van der Waals surface area contributed by atoms with Gasteiger partial charge in [-0.25, -0.2) is 0 Å². The van der Waals surface area contributed by atoms with Crippen molar-refractivity contribution in [3.8, 4) is 11.5 Å². The summed E-state index contributed by atoms with van der Waals surface area (Å²) >= 11 is 0. The van der Waals surface area contributed by atoms with E-state index < -0.39 is 5.79 Å². The lowest BCUT2D eigenvalue weighted by molar-refractivity contribution is -0.0431. The standard InChI is InChI=1S/C17H22N2O2/c1-11-8-13(12(2)19(11)5)10-18-14-6-7-15-16(9-14)21-17(3,4)20-15/h6-9,18H,10H2,1-5H3. The van der Waals surface area contributed by atoms with E-state index in [1.165, 1.54) is 17.0 Å². The van der Waals surface area contributed by atoms with Gasteiger partial charge in [-0.05, 0) is 37.6 Å². The van der Waals surface area contributed by atoms with Crippen molar-refractivity contribution >= 4 is 5.69 Å². The summed E-state index contributed by atoms with van der Waals surface area (Å²) in [6.45, 7) is 8.90. The molecule has 2 aromatic rings. The number of nitrogens with zero attached hydrogens (tertiary/aromatic N) is 1. The highest BCUT2D eigenvalue weighted by Crippen LogP contribution is 2.40. The van der Waals surface area contributed by atoms with Crippen LogP contribution >= 0.6 is 0 Å². The molecular weight excluding hydrogens is 264 g/mol. The van der Waals surface area contributed by atoms with Gasteiger partial charge in [0.15, 0.2) is 11.5 Å². The number of aromatic nitrogens is 1. The molecule has 0 fully saturated rings. The van der Waals surface area contributed by atoms with Crippen LogP contribution in [0.3, 0.4) is 0 Å². The molecule has 1 N–H and O–H groups in total. The van der Waals surface area contributed by atoms with Gasteiger partial charge < -0.3 is 19.4 Å². The van der Waals surface area contributed by atoms with E-state index in [0.29, 0.717) is 0 Å². The minimum Gasteiger partial charge on any atom is -0.449 e. The minimum atomic E-state index is -0.575. The molecule has 0 saturated carbocycles. The SMILES string of the molecule is Cc1cc(CNc2ccc3c(c2)OC(C)(C)O3)c(C)n1C. The van der Waals surface area contributed by atoms with Crippen LogP contribution in [0.5, 0.6) is 11.5 Å². The Balaban J connectivity index is 1.74. The van der Waals surface area contributed by atoms with Crippen molar-refractivity contribution in [3.05, 3.63) is 41.2 Å². The van der Waals surface area contributed by atoms with Crippen molar-refractivity contribution in [1.29, 1.82) is 0 Å². The number of aryl methyl sites for hydroxylation is 1. The van der Waals surface area contributed by atoms with Gasteiger partial charge in [0.05, 0.1) is 0 Å². The summed E-state index contributed by atoms with van der Waals surface area (Å²) in [7, 11) is 2.09. The lowest BCUT2D eigenvalue weighted by Crippen LogP contribution is -2.29. The first-order valence-electron chi connectivity index (χ1n) is 7.23. The number of hydrogen-bond donors (Lipinski definition) is 1. The zero-order valence-corrected chi connectivity index (χ0v) is 13.3. The Kier molecular flexibility index (Phi) is 3.12. The first-order valence-corrected chi connectivity index (χ1v) is 7.23. The van der Waals surface area contributed by atoms with Gasteiger partial charge in [0.2, 0.25) is 5.79 Å². The van der Waals surface area contributed by atoms with Crippen LogP contribution in [0.15, 0.2) is 24.3 Å². The molecule has 0 saturated heterocycles. The van der Waals surface area contributed by atoms with Crippen molar-refractivity contribution in [2.75, 3.05) is 5.32 Å². The van der Waals surface area contributed by atoms with E-state index in [9.17, 15) is 0 Å². The van der Waals surface area contributed by atoms with Gasteiger partial charge in [-0.2, -0.15) is 0 Å². The molecule has 1 aliphatic heterocycles. The van der Waals surface area contributed by atoms with Crippen LogP contribution in [0.25, 0.3) is 0 Å². The summed E-state index contributed by atoms with van der Waals surface area (Å²) < 4.78 is 13.7. The fourth-order valence-corrected chi connectivity index (χ4v) is 2.64. The highest BCUT2D eigenvalue weighted by molar-refractivity contribution is 5.56. The summed E-state index contributed by atoms with van der Waals surface area (Å²) in [6.07, 6.45) is 0. The maximum absolute atomic E-state index is 5.77. The molecular formula is C17H22N2O2. The quantitative estimate of drug-likeness (QED) is 0.933. The van der Waals surface area contributed by atoms with Gasteiger partial charge in [0.1, 0.15) is 0 Å². The fraction of sp³-hybridized carbons (Fsp3) is 0.412. The first kappa shape index (κ1) is 13.9. The van der Waals surface area contributed by atoms with Gasteiger partial charge in [-0.1, -0.05) is 0 Å². The summed E-state index contributed by atoms with van der Waals surface area (Å²) in [5.41, 5.74) is 4.92. The lowest BCUT2D eigenvalue weighted by Gasteiger charge is -2.16. The van der Waals surface area contributed by atoms with Gasteiger partial charge >= 0.3 is 0 Å². The summed E-state index contributed by atoms with van der Waals surface area (Å²) in [6, 6.07) is 8.19. The molecule has 1 aromatic heterocycles. The molecule has 0 unspecified atom stereocenters. The summed E-state index contributed by atoms with van der Waals surface area (Å²) in [4.78, 5) is 0. The van der Waals surface area contributed by atoms with E-state index in [1.54, 1.807) is 0 Å². The largest absolute Gasteiger partial charge is 0.449 e. The van der Waals surface area contributed by atoms with Crippen LogP contribution in [0.2, 0.25) is 0 Å². The zero-order valence-electron chi connectivity index (χ0n) is 13.3. The molecule has 4 heteroatoms. The van der Waals surface area contributed by atoms with E-state index in [1.807, 2.05) is 32.0 Å². The first-order chi connectivity index (χ1) is 9.85. The third kappa shape index (κ3) is 2.58. The second kappa shape index (κ2) is 4.72. The second-order valence-corrected chi connectivity index (χ2v) is 6.07. The maximum Gasteiger partial charge on any atom is 0.246 e. The number of rotatable bonds is 3. The highest BCUT2D eigenvalue weighted by atomic mass is 16.7. The Bertz CT molecular complexity index is 686. The average Bonchev–Trinajstić information content (AvgIpc) is 2.85. The summed E-state index contributed by atoms with van der Waals surface area (Å²) in [5.74, 6) is 1.02. The van der Waals surface area contributed by atoms with Crippen molar-refractivity contribution in [2.24, 2.45) is 7.05 Å². The summed E-state index contributed by atoms with van der Waals surface area (Å²) in [5, 5.41) is 3.45. The van der Waals surface area contributed by atoms with Gasteiger partial charge in [0, 0.05) is 50.6 Å². The van der Waals surface area contributed by atoms with E-state index in [-0.39, 0.29) is 0 Å². The normalized spacial score (nSPS) is 15.3. The molecule has 0 atom stereocenters. The number of fused-ring (bicyclic) bond motifs is 1. The van der Waals surface area contributed by atoms with Crippen LogP contribution in [-0.4, -0.2) is 10.4 Å². The molecule has 1 aliphatic rings. The second-order valence-electron chi connectivity index (χ2n) is 6.07. The number of benzene rings is 1. The van der Waals surface area contributed by atoms with Crippen molar-refractivity contribution < 1.29 is 9.47 Å².